The molecule has 0 aromatic heterocycles. The average molecular weight is 829 g/mol. The number of aliphatic hydroxyl groups excluding tert-OH is 10. The van der Waals surface area contributed by atoms with Crippen LogP contribution in [0.4, 0.5) is 0 Å². The van der Waals surface area contributed by atoms with E-state index in [2.05, 4.69) is 6.92 Å². The van der Waals surface area contributed by atoms with Crippen molar-refractivity contribution >= 4 is 0 Å². The molecule has 19 atom stereocenters. The number of fused-ring (bicyclic) bond motifs is 2. The van der Waals surface area contributed by atoms with Crippen molar-refractivity contribution in [2.24, 2.45) is 0 Å². The van der Waals surface area contributed by atoms with Crippen LogP contribution >= 0.6 is 0 Å². The van der Waals surface area contributed by atoms with Crippen LogP contribution in [-0.2, 0) is 42.6 Å². The Morgan fingerprint density at radius 1 is 0.544 bits per heavy atom. The zero-order chi connectivity index (χ0) is 41.1. The summed E-state index contributed by atoms with van der Waals surface area (Å²) in [5, 5.41) is 105. The molecule has 19 nitrogen and oxygen atoms in total. The molecule has 2 bridgehead atoms. The van der Waals surface area contributed by atoms with Gasteiger partial charge in [0, 0.05) is 6.61 Å². The molecule has 0 aromatic rings. The number of aliphatic hydroxyl groups is 10. The lowest BCUT2D eigenvalue weighted by molar-refractivity contribution is -0.367. The fourth-order valence-electron chi connectivity index (χ4n) is 8.13. The van der Waals surface area contributed by atoms with E-state index in [-0.39, 0.29) is 19.8 Å². The van der Waals surface area contributed by atoms with E-state index in [1.807, 2.05) is 0 Å². The van der Waals surface area contributed by atoms with Crippen molar-refractivity contribution in [2.75, 3.05) is 39.6 Å². The lowest BCUT2D eigenvalue weighted by Crippen LogP contribution is -2.65. The minimum Gasteiger partial charge on any atom is -0.394 e. The molecule has 0 radical (unpaired) electrons. The Hall–Kier alpha value is -0.760. The summed E-state index contributed by atoms with van der Waals surface area (Å²) in [7, 11) is 0. The van der Waals surface area contributed by atoms with Gasteiger partial charge >= 0.3 is 0 Å². The summed E-state index contributed by atoms with van der Waals surface area (Å²) in [4.78, 5) is 0. The van der Waals surface area contributed by atoms with Gasteiger partial charge in [-0.3, -0.25) is 0 Å². The molecule has 5 fully saturated rings. The molecule has 0 unspecified atom stereocenters. The molecule has 0 aromatic carbocycles. The summed E-state index contributed by atoms with van der Waals surface area (Å²) < 4.78 is 51.7. The van der Waals surface area contributed by atoms with Crippen LogP contribution in [-0.4, -0.2) is 207 Å². The van der Waals surface area contributed by atoms with Crippen LogP contribution in [0.1, 0.15) is 84.0 Å². The van der Waals surface area contributed by atoms with Gasteiger partial charge in [0.1, 0.15) is 97.7 Å². The Morgan fingerprint density at radius 3 is 1.72 bits per heavy atom. The third-order valence-corrected chi connectivity index (χ3v) is 11.6. The van der Waals surface area contributed by atoms with Gasteiger partial charge in [-0.15, -0.1) is 0 Å². The number of ether oxygens (including phenoxy) is 9. The van der Waals surface area contributed by atoms with Crippen molar-refractivity contribution in [1.29, 1.82) is 0 Å². The van der Waals surface area contributed by atoms with Crippen molar-refractivity contribution < 1.29 is 93.7 Å². The van der Waals surface area contributed by atoms with Crippen LogP contribution in [0.5, 0.6) is 0 Å². The summed E-state index contributed by atoms with van der Waals surface area (Å²) in [6, 6.07) is 0. The predicted molar refractivity (Wildman–Crippen MR) is 194 cm³/mol. The molecule has 5 rings (SSSR count). The van der Waals surface area contributed by atoms with Crippen LogP contribution in [0.2, 0.25) is 0 Å². The minimum absolute atomic E-state index is 0.0878. The number of hydrogen-bond donors (Lipinski definition) is 10. The largest absolute Gasteiger partial charge is 0.394 e. The van der Waals surface area contributed by atoms with Crippen molar-refractivity contribution in [3.05, 3.63) is 0 Å². The first-order valence-corrected chi connectivity index (χ1v) is 20.9. The number of unbranched alkanes of at least 4 members (excludes halogenated alkanes) is 11. The van der Waals surface area contributed by atoms with E-state index in [1.54, 1.807) is 0 Å². The van der Waals surface area contributed by atoms with Gasteiger partial charge in [0.05, 0.1) is 33.0 Å². The second kappa shape index (κ2) is 23.5. The maximum absolute atomic E-state index is 11.4. The molecule has 5 aliphatic rings. The summed E-state index contributed by atoms with van der Waals surface area (Å²) in [6.45, 7) is 0.882. The highest BCUT2D eigenvalue weighted by Gasteiger charge is 2.57. The lowest BCUT2D eigenvalue weighted by Gasteiger charge is -2.46. The smallest absolute Gasteiger partial charge is 0.187 e. The second-order valence-electron chi connectivity index (χ2n) is 15.9. The Bertz CT molecular complexity index is 1120. The van der Waals surface area contributed by atoms with E-state index in [0.29, 0.717) is 6.61 Å². The molecular formula is C38H68O19. The van der Waals surface area contributed by atoms with E-state index >= 15 is 0 Å². The fourth-order valence-corrected chi connectivity index (χ4v) is 8.13. The molecule has 0 saturated carbocycles. The quantitative estimate of drug-likeness (QED) is 0.0458. The fraction of sp³-hybridized carbons (Fsp3) is 1.00. The first-order chi connectivity index (χ1) is 27.5. The molecule has 5 aliphatic heterocycles. The molecule has 57 heavy (non-hydrogen) atoms. The summed E-state index contributed by atoms with van der Waals surface area (Å²) >= 11 is 0. The SMILES string of the molecule is CCCCCCCCCCCCCCOC[C@@H](O)[C@@H]1OC[C@H](O)[C@H]1O[C@@H]1O[C@H](CO)[C@H](O)[C@H](O[C@@H]2O[C@H]3CO[C@@H]([C@@H]2O)[C@@H]3O[C@@H]2O[C@H](CO)[C@H](O)[C@H](O)[C@H]2O)[C@H]1O. The topological polar surface area (TPSA) is 285 Å². The van der Waals surface area contributed by atoms with E-state index < -0.39 is 130 Å². The maximum Gasteiger partial charge on any atom is 0.187 e. The molecule has 0 spiro atoms. The monoisotopic (exact) mass is 828 g/mol. The molecular weight excluding hydrogens is 760 g/mol. The number of rotatable bonds is 24. The highest BCUT2D eigenvalue weighted by Crippen LogP contribution is 2.37. The van der Waals surface area contributed by atoms with E-state index in [1.165, 1.54) is 57.8 Å². The van der Waals surface area contributed by atoms with Crippen LogP contribution in [0, 0.1) is 0 Å². The molecule has 0 amide bonds. The first kappa shape index (κ1) is 47.3. The van der Waals surface area contributed by atoms with Crippen LogP contribution < -0.4 is 0 Å². The zero-order valence-corrected chi connectivity index (χ0v) is 32.8. The third-order valence-electron chi connectivity index (χ3n) is 11.6. The molecule has 5 heterocycles. The van der Waals surface area contributed by atoms with Gasteiger partial charge in [-0.1, -0.05) is 77.6 Å². The Labute approximate surface area is 333 Å². The van der Waals surface area contributed by atoms with Crippen molar-refractivity contribution in [1.82, 2.24) is 0 Å². The van der Waals surface area contributed by atoms with E-state index in [4.69, 9.17) is 42.6 Å². The average Bonchev–Trinajstić information content (AvgIpc) is 3.73. The molecule has 0 aliphatic carbocycles. The molecule has 10 N–H and O–H groups in total. The summed E-state index contributed by atoms with van der Waals surface area (Å²) in [5.74, 6) is 0. The van der Waals surface area contributed by atoms with Crippen molar-refractivity contribution in [3.8, 4) is 0 Å². The maximum atomic E-state index is 11.4. The van der Waals surface area contributed by atoms with Gasteiger partial charge in [0.15, 0.2) is 18.9 Å². The van der Waals surface area contributed by atoms with E-state index in [0.717, 1.165) is 19.3 Å². The number of hydrogen-bond acceptors (Lipinski definition) is 19. The van der Waals surface area contributed by atoms with Gasteiger partial charge in [0.2, 0.25) is 0 Å². The Kier molecular flexibility index (Phi) is 19.5. The molecule has 19 heteroatoms. The van der Waals surface area contributed by atoms with Gasteiger partial charge in [-0.25, -0.2) is 0 Å². The Morgan fingerprint density at radius 2 is 1.09 bits per heavy atom. The van der Waals surface area contributed by atoms with E-state index in [9.17, 15) is 51.1 Å². The standard InChI is InChI=1S/C38H68O19/c1-2-3-4-5-6-7-8-9-10-11-12-13-14-49-17-20(41)31-32(21(42)18-50-31)55-37-29(47)34(26(44)23(16-40)53-37)57-38-30(48)35-33(24(54-38)19-51-35)56-36-28(46)27(45)25(43)22(15-39)52-36/h20-48H,2-19H2,1H3/t20-,21+,22-,23-,24+,25+,26+,27+,28-,29-,30+,31+,32-,33-,34+,35+,36+,37+,38+/m1/s1. The van der Waals surface area contributed by atoms with Crippen molar-refractivity contribution in [2.45, 2.75) is 201 Å². The van der Waals surface area contributed by atoms with Gasteiger partial charge in [-0.05, 0) is 6.42 Å². The zero-order valence-electron chi connectivity index (χ0n) is 32.8. The molecule has 5 saturated heterocycles. The minimum atomic E-state index is -1.77. The summed E-state index contributed by atoms with van der Waals surface area (Å²) in [5.41, 5.74) is 0. The summed E-state index contributed by atoms with van der Waals surface area (Å²) in [6.07, 6.45) is -12.2. The third kappa shape index (κ3) is 12.2. The van der Waals surface area contributed by atoms with Gasteiger partial charge in [0.25, 0.3) is 0 Å². The highest BCUT2D eigenvalue weighted by atomic mass is 16.8. The highest BCUT2D eigenvalue weighted by molar-refractivity contribution is 5.00. The van der Waals surface area contributed by atoms with Crippen LogP contribution in [0.25, 0.3) is 0 Å². The van der Waals surface area contributed by atoms with Crippen LogP contribution in [0.3, 0.4) is 0 Å². The van der Waals surface area contributed by atoms with Crippen molar-refractivity contribution in [3.63, 3.8) is 0 Å². The van der Waals surface area contributed by atoms with Gasteiger partial charge in [-0.2, -0.15) is 0 Å². The molecule has 334 valence electrons. The van der Waals surface area contributed by atoms with Crippen LogP contribution in [0.15, 0.2) is 0 Å². The predicted octanol–water partition coefficient (Wildman–Crippen LogP) is -2.30. The lowest BCUT2D eigenvalue weighted by atomic mass is 9.97. The normalized spacial score (nSPS) is 42.8. The van der Waals surface area contributed by atoms with Gasteiger partial charge < -0.3 is 93.7 Å². The first-order valence-electron chi connectivity index (χ1n) is 20.9. The second-order valence-corrected chi connectivity index (χ2v) is 15.9. The Balaban J connectivity index is 1.08.